The summed E-state index contributed by atoms with van der Waals surface area (Å²) in [4.78, 5) is 14.5. The highest BCUT2D eigenvalue weighted by atomic mass is 16.6. The Hall–Kier alpha value is -1.66. The van der Waals surface area contributed by atoms with Crippen molar-refractivity contribution in [3.05, 3.63) is 33.9 Å². The SMILES string of the molecule is CCN(CCO)c1cc(CN(C)C)cc([N+](=O)[O-])c1. The van der Waals surface area contributed by atoms with E-state index in [1.54, 1.807) is 12.1 Å². The third-order valence-electron chi connectivity index (χ3n) is 2.79. The van der Waals surface area contributed by atoms with E-state index in [-0.39, 0.29) is 17.2 Å². The number of nitro benzene ring substituents is 1. The lowest BCUT2D eigenvalue weighted by Gasteiger charge is -2.23. The first kappa shape index (κ1) is 15.4. The van der Waals surface area contributed by atoms with Crippen LogP contribution in [0.15, 0.2) is 18.2 Å². The summed E-state index contributed by atoms with van der Waals surface area (Å²) >= 11 is 0. The number of anilines is 1. The van der Waals surface area contributed by atoms with Gasteiger partial charge in [0, 0.05) is 37.5 Å². The number of hydrogen-bond acceptors (Lipinski definition) is 5. The van der Waals surface area contributed by atoms with Crippen LogP contribution >= 0.6 is 0 Å². The van der Waals surface area contributed by atoms with Crippen molar-refractivity contribution in [2.75, 3.05) is 38.7 Å². The maximum absolute atomic E-state index is 11.0. The van der Waals surface area contributed by atoms with Crippen molar-refractivity contribution in [3.8, 4) is 0 Å². The van der Waals surface area contributed by atoms with Gasteiger partial charge in [-0.15, -0.1) is 0 Å². The van der Waals surface area contributed by atoms with Gasteiger partial charge in [0.2, 0.25) is 0 Å². The Kier molecular flexibility index (Phi) is 5.72. The van der Waals surface area contributed by atoms with Gasteiger partial charge in [-0.05, 0) is 32.6 Å². The molecule has 0 saturated heterocycles. The largest absolute Gasteiger partial charge is 0.395 e. The summed E-state index contributed by atoms with van der Waals surface area (Å²) in [6, 6.07) is 5.08. The van der Waals surface area contributed by atoms with Crippen molar-refractivity contribution in [1.29, 1.82) is 0 Å². The van der Waals surface area contributed by atoms with Crippen LogP contribution in [0.25, 0.3) is 0 Å². The molecule has 0 aliphatic carbocycles. The maximum atomic E-state index is 11.0. The lowest BCUT2D eigenvalue weighted by molar-refractivity contribution is -0.384. The Balaban J connectivity index is 3.14. The van der Waals surface area contributed by atoms with Gasteiger partial charge in [-0.2, -0.15) is 0 Å². The van der Waals surface area contributed by atoms with Crippen LogP contribution in [0.1, 0.15) is 12.5 Å². The highest BCUT2D eigenvalue weighted by molar-refractivity contribution is 5.56. The predicted molar refractivity (Wildman–Crippen MR) is 75.5 cm³/mol. The Labute approximate surface area is 113 Å². The molecular formula is C13H21N3O3. The molecule has 0 fully saturated rings. The topological polar surface area (TPSA) is 69.8 Å². The van der Waals surface area contributed by atoms with Crippen LogP contribution in [0.4, 0.5) is 11.4 Å². The van der Waals surface area contributed by atoms with Crippen molar-refractivity contribution in [2.24, 2.45) is 0 Å². The second kappa shape index (κ2) is 7.06. The molecule has 0 heterocycles. The summed E-state index contributed by atoms with van der Waals surface area (Å²) in [5, 5.41) is 20.0. The Morgan fingerprint density at radius 3 is 2.47 bits per heavy atom. The number of hydrogen-bond donors (Lipinski definition) is 1. The third kappa shape index (κ3) is 4.50. The molecule has 0 aromatic heterocycles. The fraction of sp³-hybridized carbons (Fsp3) is 0.538. The van der Waals surface area contributed by atoms with Gasteiger partial charge in [-0.1, -0.05) is 0 Å². The molecule has 6 nitrogen and oxygen atoms in total. The number of non-ortho nitro benzene ring substituents is 1. The molecular weight excluding hydrogens is 246 g/mol. The third-order valence-corrected chi connectivity index (χ3v) is 2.79. The Morgan fingerprint density at radius 1 is 1.32 bits per heavy atom. The summed E-state index contributed by atoms with van der Waals surface area (Å²) < 4.78 is 0. The minimum absolute atomic E-state index is 0.0273. The average Bonchev–Trinajstić information content (AvgIpc) is 2.34. The minimum Gasteiger partial charge on any atom is -0.395 e. The maximum Gasteiger partial charge on any atom is 0.271 e. The highest BCUT2D eigenvalue weighted by Crippen LogP contribution is 2.24. The van der Waals surface area contributed by atoms with Crippen LogP contribution in [0.2, 0.25) is 0 Å². The van der Waals surface area contributed by atoms with E-state index in [2.05, 4.69) is 0 Å². The molecule has 0 bridgehead atoms. The number of aliphatic hydroxyl groups excluding tert-OH is 1. The first-order valence-electron chi connectivity index (χ1n) is 6.26. The molecule has 106 valence electrons. The van der Waals surface area contributed by atoms with E-state index in [4.69, 9.17) is 5.11 Å². The number of nitro groups is 1. The predicted octanol–water partition coefficient (Wildman–Crippen LogP) is 1.47. The van der Waals surface area contributed by atoms with E-state index in [1.165, 1.54) is 0 Å². The molecule has 0 aliphatic rings. The molecule has 1 N–H and O–H groups in total. The van der Waals surface area contributed by atoms with Gasteiger partial charge >= 0.3 is 0 Å². The zero-order valence-corrected chi connectivity index (χ0v) is 11.7. The van der Waals surface area contributed by atoms with Crippen LogP contribution < -0.4 is 4.90 Å². The lowest BCUT2D eigenvalue weighted by atomic mass is 10.1. The molecule has 0 radical (unpaired) electrons. The first-order chi connectivity index (χ1) is 8.97. The van der Waals surface area contributed by atoms with Gasteiger partial charge < -0.3 is 14.9 Å². The molecule has 0 spiro atoms. The summed E-state index contributed by atoms with van der Waals surface area (Å²) in [5.74, 6) is 0. The van der Waals surface area contributed by atoms with E-state index >= 15 is 0 Å². The summed E-state index contributed by atoms with van der Waals surface area (Å²) in [7, 11) is 3.84. The second-order valence-corrected chi connectivity index (χ2v) is 4.66. The molecule has 0 saturated carbocycles. The molecule has 6 heteroatoms. The molecule has 1 aromatic rings. The first-order valence-corrected chi connectivity index (χ1v) is 6.26. The fourth-order valence-corrected chi connectivity index (χ4v) is 1.99. The smallest absolute Gasteiger partial charge is 0.271 e. The molecule has 19 heavy (non-hydrogen) atoms. The van der Waals surface area contributed by atoms with E-state index < -0.39 is 0 Å². The second-order valence-electron chi connectivity index (χ2n) is 4.66. The normalized spacial score (nSPS) is 10.8. The highest BCUT2D eigenvalue weighted by Gasteiger charge is 2.13. The van der Waals surface area contributed by atoms with Crippen molar-refractivity contribution < 1.29 is 10.0 Å². The Morgan fingerprint density at radius 2 is 2.00 bits per heavy atom. The van der Waals surface area contributed by atoms with Crippen LogP contribution in [-0.4, -0.2) is 48.7 Å². The van der Waals surface area contributed by atoms with Crippen molar-refractivity contribution in [2.45, 2.75) is 13.5 Å². The monoisotopic (exact) mass is 267 g/mol. The van der Waals surface area contributed by atoms with Gasteiger partial charge in [0.15, 0.2) is 0 Å². The molecule has 0 amide bonds. The lowest BCUT2D eigenvalue weighted by Crippen LogP contribution is -2.26. The number of nitrogens with zero attached hydrogens (tertiary/aromatic N) is 3. The molecule has 1 aromatic carbocycles. The van der Waals surface area contributed by atoms with Crippen LogP contribution in [-0.2, 0) is 6.54 Å². The van der Waals surface area contributed by atoms with Crippen molar-refractivity contribution >= 4 is 11.4 Å². The molecule has 0 unspecified atom stereocenters. The molecule has 0 atom stereocenters. The standard InChI is InChI=1S/C13H21N3O3/c1-4-15(5-6-17)12-7-11(10-14(2)3)8-13(9-12)16(18)19/h7-9,17H,4-6,10H2,1-3H3. The van der Waals surface area contributed by atoms with Gasteiger partial charge in [0.1, 0.15) is 0 Å². The van der Waals surface area contributed by atoms with E-state index in [0.717, 1.165) is 11.3 Å². The fourth-order valence-electron chi connectivity index (χ4n) is 1.99. The van der Waals surface area contributed by atoms with E-state index in [0.29, 0.717) is 19.6 Å². The number of aliphatic hydroxyl groups is 1. The number of rotatable bonds is 7. The van der Waals surface area contributed by atoms with Crippen LogP contribution in [0.3, 0.4) is 0 Å². The molecule has 1 rings (SSSR count). The van der Waals surface area contributed by atoms with Crippen LogP contribution in [0, 0.1) is 10.1 Å². The summed E-state index contributed by atoms with van der Waals surface area (Å²) in [5.41, 5.74) is 1.76. The summed E-state index contributed by atoms with van der Waals surface area (Å²) in [6.45, 7) is 3.80. The zero-order valence-electron chi connectivity index (χ0n) is 11.7. The van der Waals surface area contributed by atoms with Crippen molar-refractivity contribution in [3.63, 3.8) is 0 Å². The van der Waals surface area contributed by atoms with Crippen molar-refractivity contribution in [1.82, 2.24) is 4.90 Å². The van der Waals surface area contributed by atoms with Gasteiger partial charge in [-0.3, -0.25) is 10.1 Å². The summed E-state index contributed by atoms with van der Waals surface area (Å²) in [6.07, 6.45) is 0. The van der Waals surface area contributed by atoms with Gasteiger partial charge in [0.05, 0.1) is 11.5 Å². The van der Waals surface area contributed by atoms with Crippen LogP contribution in [0.5, 0.6) is 0 Å². The Bertz CT molecular complexity index is 435. The zero-order chi connectivity index (χ0) is 14.4. The number of benzene rings is 1. The van der Waals surface area contributed by atoms with E-state index in [9.17, 15) is 10.1 Å². The average molecular weight is 267 g/mol. The van der Waals surface area contributed by atoms with E-state index in [1.807, 2.05) is 36.9 Å². The minimum atomic E-state index is -0.380. The van der Waals surface area contributed by atoms with Gasteiger partial charge in [-0.25, -0.2) is 0 Å². The van der Waals surface area contributed by atoms with Gasteiger partial charge in [0.25, 0.3) is 5.69 Å². The molecule has 0 aliphatic heterocycles. The quantitative estimate of drug-likeness (QED) is 0.598. The number of likely N-dealkylation sites (N-methyl/N-ethyl adjacent to an activating group) is 1.